The summed E-state index contributed by atoms with van der Waals surface area (Å²) in [7, 11) is -3.57. The van der Waals surface area contributed by atoms with Crippen LogP contribution in [-0.2, 0) is 31.8 Å². The van der Waals surface area contributed by atoms with Gasteiger partial charge in [0, 0.05) is 38.6 Å². The summed E-state index contributed by atoms with van der Waals surface area (Å²) in [6.45, 7) is 9.37. The third kappa shape index (κ3) is 6.77. The number of imidazole rings is 1. The van der Waals surface area contributed by atoms with Gasteiger partial charge in [-0.1, -0.05) is 30.8 Å². The number of hydrogen-bond donors (Lipinski definition) is 0. The smallest absolute Gasteiger partial charge is 0.338 e. The molecule has 1 atom stereocenters. The Hall–Kier alpha value is -2.40. The zero-order valence-corrected chi connectivity index (χ0v) is 24.0. The van der Waals surface area contributed by atoms with Crippen LogP contribution in [0.15, 0.2) is 52.5 Å². The predicted molar refractivity (Wildman–Crippen MR) is 150 cm³/mol. The Morgan fingerprint density at radius 3 is 2.63 bits per heavy atom. The number of aryl methyl sites for hydroxylation is 1. The van der Waals surface area contributed by atoms with Crippen molar-refractivity contribution in [2.45, 2.75) is 62.4 Å². The Kier molecular flexibility index (Phi) is 9.86. The number of piperidine rings is 1. The fraction of sp³-hybridized carbons (Fsp3) is 0.500. The molecular formula is C28H37N3O5S2. The first-order valence-corrected chi connectivity index (χ1v) is 15.7. The van der Waals surface area contributed by atoms with Gasteiger partial charge in [-0.05, 0) is 74.9 Å². The van der Waals surface area contributed by atoms with E-state index in [1.165, 1.54) is 0 Å². The van der Waals surface area contributed by atoms with E-state index in [-0.39, 0.29) is 5.97 Å². The summed E-state index contributed by atoms with van der Waals surface area (Å²) in [5.41, 5.74) is 3.17. The second-order valence-corrected chi connectivity index (χ2v) is 12.4. The quantitative estimate of drug-likeness (QED) is 0.168. The van der Waals surface area contributed by atoms with Crippen LogP contribution < -0.4 is 0 Å². The van der Waals surface area contributed by atoms with Crippen LogP contribution in [-0.4, -0.2) is 61.2 Å². The first-order valence-electron chi connectivity index (χ1n) is 13.3. The molecule has 38 heavy (non-hydrogen) atoms. The van der Waals surface area contributed by atoms with Gasteiger partial charge in [0.1, 0.15) is 0 Å². The molecule has 0 radical (unpaired) electrons. The Morgan fingerprint density at radius 1 is 1.13 bits per heavy atom. The Balaban J connectivity index is 1.57. The topological polar surface area (TPSA) is 90.7 Å². The molecule has 0 saturated carbocycles. The molecule has 1 aromatic heterocycles. The van der Waals surface area contributed by atoms with Crippen LogP contribution in [0.3, 0.4) is 0 Å². The van der Waals surface area contributed by atoms with Crippen molar-refractivity contribution in [3.63, 3.8) is 0 Å². The molecule has 4 rings (SSSR count). The number of ether oxygens (including phenoxy) is 2. The largest absolute Gasteiger partial charge is 0.462 e. The van der Waals surface area contributed by atoms with E-state index in [1.54, 1.807) is 47.3 Å². The maximum atomic E-state index is 13.4. The van der Waals surface area contributed by atoms with Gasteiger partial charge in [0.25, 0.3) is 0 Å². The lowest BCUT2D eigenvalue weighted by Crippen LogP contribution is -2.39. The van der Waals surface area contributed by atoms with Gasteiger partial charge in [-0.2, -0.15) is 4.31 Å². The molecule has 0 spiro atoms. The normalized spacial score (nSPS) is 16.7. The number of thioether (sulfide) groups is 1. The van der Waals surface area contributed by atoms with Crippen molar-refractivity contribution in [2.24, 2.45) is 5.92 Å². The van der Waals surface area contributed by atoms with E-state index in [9.17, 15) is 13.2 Å². The van der Waals surface area contributed by atoms with Crippen molar-refractivity contribution in [1.82, 2.24) is 13.9 Å². The average molecular weight is 560 g/mol. The van der Waals surface area contributed by atoms with E-state index in [0.29, 0.717) is 60.6 Å². The van der Waals surface area contributed by atoms with E-state index in [1.807, 2.05) is 25.1 Å². The SMILES string of the molecule is CCOCCCn1c(SCc2ccc(C(=O)OCC)cc2)nc2cc(S(=O)(=O)N3CCCC(C)C3)ccc21. The van der Waals surface area contributed by atoms with Crippen LogP contribution in [0.1, 0.15) is 56.0 Å². The van der Waals surface area contributed by atoms with Crippen molar-refractivity contribution in [2.75, 3.05) is 32.9 Å². The van der Waals surface area contributed by atoms with E-state index in [0.717, 1.165) is 42.0 Å². The number of sulfonamides is 1. The summed E-state index contributed by atoms with van der Waals surface area (Å²) >= 11 is 1.59. The van der Waals surface area contributed by atoms with Crippen LogP contribution in [0.4, 0.5) is 0 Å². The highest BCUT2D eigenvalue weighted by molar-refractivity contribution is 7.98. The zero-order chi connectivity index (χ0) is 27.1. The molecule has 0 amide bonds. The van der Waals surface area contributed by atoms with E-state index >= 15 is 0 Å². The van der Waals surface area contributed by atoms with Crippen molar-refractivity contribution < 1.29 is 22.7 Å². The molecule has 2 aromatic carbocycles. The molecule has 0 aliphatic carbocycles. The summed E-state index contributed by atoms with van der Waals surface area (Å²) < 4.78 is 41.1. The fourth-order valence-electron chi connectivity index (χ4n) is 4.66. The van der Waals surface area contributed by atoms with Gasteiger partial charge in [0.15, 0.2) is 5.16 Å². The maximum absolute atomic E-state index is 13.4. The van der Waals surface area contributed by atoms with Gasteiger partial charge in [-0.3, -0.25) is 0 Å². The first kappa shape index (κ1) is 28.6. The van der Waals surface area contributed by atoms with Gasteiger partial charge in [-0.25, -0.2) is 18.2 Å². The molecule has 206 valence electrons. The number of carbonyl (C=O) groups is 1. The predicted octanol–water partition coefficient (Wildman–Crippen LogP) is 5.35. The molecule has 10 heteroatoms. The lowest BCUT2D eigenvalue weighted by atomic mass is 10.0. The van der Waals surface area contributed by atoms with Crippen molar-refractivity contribution >= 4 is 38.8 Å². The van der Waals surface area contributed by atoms with E-state index in [4.69, 9.17) is 14.5 Å². The molecule has 8 nitrogen and oxygen atoms in total. The summed E-state index contributed by atoms with van der Waals surface area (Å²) in [5, 5.41) is 0.826. The number of carbonyl (C=O) groups excluding carboxylic acids is 1. The average Bonchev–Trinajstić information content (AvgIpc) is 3.27. The lowest BCUT2D eigenvalue weighted by Gasteiger charge is -2.30. The lowest BCUT2D eigenvalue weighted by molar-refractivity contribution is 0.0526. The molecule has 1 fully saturated rings. The Labute approximate surface area is 229 Å². The molecule has 0 bridgehead atoms. The number of hydrogen-bond acceptors (Lipinski definition) is 7. The van der Waals surface area contributed by atoms with Crippen LogP contribution in [0, 0.1) is 5.92 Å². The monoisotopic (exact) mass is 559 g/mol. The Morgan fingerprint density at radius 2 is 1.92 bits per heavy atom. The van der Waals surface area contributed by atoms with Crippen molar-refractivity contribution in [3.8, 4) is 0 Å². The highest BCUT2D eigenvalue weighted by Gasteiger charge is 2.29. The van der Waals surface area contributed by atoms with Crippen LogP contribution in [0.2, 0.25) is 0 Å². The van der Waals surface area contributed by atoms with E-state index in [2.05, 4.69) is 11.5 Å². The number of aromatic nitrogens is 2. The second-order valence-electron chi connectivity index (χ2n) is 9.56. The molecule has 0 N–H and O–H groups in total. The molecule has 1 aliphatic heterocycles. The number of fused-ring (bicyclic) bond motifs is 1. The molecule has 3 aromatic rings. The van der Waals surface area contributed by atoms with Gasteiger partial charge in [0.2, 0.25) is 10.0 Å². The minimum Gasteiger partial charge on any atom is -0.462 e. The summed E-state index contributed by atoms with van der Waals surface area (Å²) in [6.07, 6.45) is 2.77. The number of esters is 1. The number of rotatable bonds is 12. The second kappa shape index (κ2) is 13.1. The number of nitrogens with zero attached hydrogens (tertiary/aromatic N) is 3. The molecule has 2 heterocycles. The zero-order valence-electron chi connectivity index (χ0n) is 22.4. The molecular weight excluding hydrogens is 522 g/mol. The van der Waals surface area contributed by atoms with Crippen LogP contribution in [0.25, 0.3) is 11.0 Å². The summed E-state index contributed by atoms with van der Waals surface area (Å²) in [6, 6.07) is 12.7. The highest BCUT2D eigenvalue weighted by atomic mass is 32.2. The first-order chi connectivity index (χ1) is 18.3. The van der Waals surface area contributed by atoms with Crippen LogP contribution in [0.5, 0.6) is 0 Å². The van der Waals surface area contributed by atoms with Gasteiger partial charge in [0.05, 0.1) is 28.1 Å². The van der Waals surface area contributed by atoms with Crippen molar-refractivity contribution in [1.29, 1.82) is 0 Å². The minimum atomic E-state index is -3.57. The molecule has 1 saturated heterocycles. The van der Waals surface area contributed by atoms with Gasteiger partial charge in [-0.15, -0.1) is 0 Å². The number of benzene rings is 2. The maximum Gasteiger partial charge on any atom is 0.338 e. The standard InChI is InChI=1S/C28H37N3O5S2/c1-4-35-17-7-16-31-26-14-13-24(38(33,34)30-15-6-8-21(3)19-30)18-25(26)29-28(31)37-20-22-9-11-23(12-10-22)27(32)36-5-2/h9-14,18,21H,4-8,15-17,19-20H2,1-3H3. The van der Waals surface area contributed by atoms with Crippen LogP contribution >= 0.6 is 11.8 Å². The van der Waals surface area contributed by atoms with Gasteiger partial charge < -0.3 is 14.0 Å². The third-order valence-electron chi connectivity index (χ3n) is 6.65. The minimum absolute atomic E-state index is 0.296. The van der Waals surface area contributed by atoms with E-state index < -0.39 is 10.0 Å². The molecule has 1 aliphatic rings. The molecule has 1 unspecified atom stereocenters. The summed E-state index contributed by atoms with van der Waals surface area (Å²) in [5.74, 6) is 0.697. The highest BCUT2D eigenvalue weighted by Crippen LogP contribution is 2.30. The Bertz CT molecular complexity index is 1340. The van der Waals surface area contributed by atoms with Crippen molar-refractivity contribution in [3.05, 3.63) is 53.6 Å². The third-order valence-corrected chi connectivity index (χ3v) is 9.56. The fourth-order valence-corrected chi connectivity index (χ4v) is 7.27. The summed E-state index contributed by atoms with van der Waals surface area (Å²) in [4.78, 5) is 17.1. The van der Waals surface area contributed by atoms with Gasteiger partial charge >= 0.3 is 5.97 Å².